The standard InChI is InChI=1S/C7H16.3C5H12.C4H8.2C4H10.2C3H8.2C2H6.CH4/c1-3-5-7-6-4-2;1-5(2,3)4;1-4-5(2)3;1-3-5-4-2;1-4-2-3-4;1-4(2)3;1-3-4-2;2*1-3-2;2*1-2;/h3-7H2,1-2H3;1-4H3;5H,4H2,1-3H3;3-5H2,1-2H3;4H,2-3H2,1H3;4H,1-3H3;3-4H2,1-2H3;2*3H2,1-2H3;2*1-2H3;1H4. The fourth-order valence-corrected chi connectivity index (χ4v) is 1.20. The molecule has 0 unspecified atom stereocenters. The van der Waals surface area contributed by atoms with Gasteiger partial charge in [0.15, 0.2) is 0 Å². The summed E-state index contributed by atoms with van der Waals surface area (Å²) < 4.78 is 0. The molecule has 1 aliphatic rings. The summed E-state index contributed by atoms with van der Waals surface area (Å²) in [5.41, 5.74) is 0.500. The van der Waals surface area contributed by atoms with E-state index in [1.165, 1.54) is 96.3 Å². The number of unbranched alkanes of at least 4 members (excludes halogenated alkanes) is 7. The molecule has 45 heavy (non-hydrogen) atoms. The Morgan fingerprint density at radius 1 is 0.467 bits per heavy atom. The van der Waals surface area contributed by atoms with Crippen LogP contribution < -0.4 is 0 Å². The van der Waals surface area contributed by atoms with Gasteiger partial charge in [-0.1, -0.05) is 277 Å². The van der Waals surface area contributed by atoms with E-state index in [9.17, 15) is 0 Å². The Morgan fingerprint density at radius 3 is 0.667 bits per heavy atom. The Morgan fingerprint density at radius 2 is 0.622 bits per heavy atom. The van der Waals surface area contributed by atoms with Gasteiger partial charge in [0.05, 0.1) is 0 Å². The summed E-state index contributed by atoms with van der Waals surface area (Å²) in [5.74, 6) is 2.80. The van der Waals surface area contributed by atoms with Crippen molar-refractivity contribution in [1.29, 1.82) is 0 Å². The van der Waals surface area contributed by atoms with Crippen molar-refractivity contribution in [2.24, 2.45) is 23.2 Å². The Balaban J connectivity index is -0.0000000319. The second-order valence-corrected chi connectivity index (χ2v) is 14.0. The van der Waals surface area contributed by atoms with Gasteiger partial charge in [-0.3, -0.25) is 0 Å². The van der Waals surface area contributed by atoms with Crippen molar-refractivity contribution in [3.8, 4) is 0 Å². The fourth-order valence-electron chi connectivity index (χ4n) is 1.20. The highest BCUT2D eigenvalue weighted by molar-refractivity contribution is 4.65. The van der Waals surface area contributed by atoms with Crippen LogP contribution in [0.1, 0.15) is 277 Å². The van der Waals surface area contributed by atoms with Crippen LogP contribution in [0.25, 0.3) is 0 Å². The average Bonchev–Trinajstić information content (AvgIpc) is 3.74. The maximum atomic E-state index is 2.28. The molecule has 1 aliphatic carbocycles. The van der Waals surface area contributed by atoms with Crippen LogP contribution in [-0.2, 0) is 0 Å². The molecule has 0 nitrogen and oxygen atoms in total. The Kier molecular flexibility index (Phi) is 151. The maximum absolute atomic E-state index is 2.28. The van der Waals surface area contributed by atoms with Gasteiger partial charge < -0.3 is 0 Å². The molecule has 0 bridgehead atoms. The highest BCUT2D eigenvalue weighted by Gasteiger charge is 2.12. The third-order valence-electron chi connectivity index (χ3n) is 4.10. The van der Waals surface area contributed by atoms with Gasteiger partial charge >= 0.3 is 0 Å². The highest BCUT2D eigenvalue weighted by atomic mass is 14.2. The first-order valence-corrected chi connectivity index (χ1v) is 20.5. The molecule has 0 aromatic carbocycles. The highest BCUT2D eigenvalue weighted by Crippen LogP contribution is 2.26. The molecule has 292 valence electrons. The quantitative estimate of drug-likeness (QED) is 0.229. The van der Waals surface area contributed by atoms with E-state index in [0.29, 0.717) is 5.41 Å². The van der Waals surface area contributed by atoms with E-state index >= 15 is 0 Å². The van der Waals surface area contributed by atoms with Crippen LogP contribution in [0.4, 0.5) is 0 Å². The number of hydrogen-bond donors (Lipinski definition) is 0. The Bertz CT molecular complexity index is 258. The van der Waals surface area contributed by atoms with Gasteiger partial charge in [-0.15, -0.1) is 0 Å². The molecule has 0 saturated heterocycles. The van der Waals surface area contributed by atoms with Gasteiger partial charge in [-0.2, -0.15) is 0 Å². The fraction of sp³-hybridized carbons (Fsp3) is 1.00. The summed E-state index contributed by atoms with van der Waals surface area (Å²) in [5, 5.41) is 0. The Hall–Kier alpha value is 0. The predicted molar refractivity (Wildman–Crippen MR) is 231 cm³/mol. The van der Waals surface area contributed by atoms with Crippen LogP contribution in [0, 0.1) is 23.2 Å². The lowest BCUT2D eigenvalue weighted by Crippen LogP contribution is -1.93. The van der Waals surface area contributed by atoms with Gasteiger partial charge in [0.25, 0.3) is 0 Å². The summed E-state index contributed by atoms with van der Waals surface area (Å²) in [6, 6.07) is 0. The van der Waals surface area contributed by atoms with E-state index in [1.807, 2.05) is 27.7 Å². The van der Waals surface area contributed by atoms with Crippen molar-refractivity contribution in [2.45, 2.75) is 277 Å². The number of hydrogen-bond acceptors (Lipinski definition) is 0. The van der Waals surface area contributed by atoms with Crippen LogP contribution in [0.3, 0.4) is 0 Å². The van der Waals surface area contributed by atoms with E-state index < -0.39 is 0 Å². The lowest BCUT2D eigenvalue weighted by atomic mass is 10.0. The van der Waals surface area contributed by atoms with E-state index in [0.717, 1.165) is 17.8 Å². The van der Waals surface area contributed by atoms with Crippen LogP contribution in [0.15, 0.2) is 0 Å². The first-order chi connectivity index (χ1) is 20.5. The lowest BCUT2D eigenvalue weighted by molar-refractivity contribution is 0.469. The van der Waals surface area contributed by atoms with Gasteiger partial charge in [-0.05, 0) is 23.2 Å². The van der Waals surface area contributed by atoms with E-state index in [1.54, 1.807) is 0 Å². The van der Waals surface area contributed by atoms with Crippen LogP contribution >= 0.6 is 0 Å². The zero-order chi connectivity index (χ0) is 37.8. The molecule has 0 aromatic rings. The number of rotatable bonds is 8. The van der Waals surface area contributed by atoms with E-state index in [-0.39, 0.29) is 7.43 Å². The second-order valence-electron chi connectivity index (χ2n) is 14.0. The lowest BCUT2D eigenvalue weighted by Gasteiger charge is -2.05. The molecule has 0 atom stereocenters. The SMILES string of the molecule is C.CC.CC.CC(C)(C)C.CC(C)C.CC1CC1.CCC.CCC.CCC(C)C.CCCC.CCCCC.CCCCCCC. The summed E-state index contributed by atoms with van der Waals surface area (Å²) in [6.07, 6.45) is 20.5. The minimum atomic E-state index is 0. The van der Waals surface area contributed by atoms with Gasteiger partial charge in [0.2, 0.25) is 0 Å². The third-order valence-corrected chi connectivity index (χ3v) is 4.10. The predicted octanol–water partition coefficient (Wildman–Crippen LogP) is 19.7. The first kappa shape index (κ1) is 75.4. The molecule has 0 amide bonds. The molecule has 0 radical (unpaired) electrons. The molecule has 0 heterocycles. The maximum Gasteiger partial charge on any atom is -0.0411 e. The monoisotopic (exact) mass is 653 g/mol. The zero-order valence-electron chi connectivity index (χ0n) is 37.8. The zero-order valence-corrected chi connectivity index (χ0v) is 37.8. The normalized spacial score (nSPS) is 9.67. The molecule has 1 rings (SSSR count). The van der Waals surface area contributed by atoms with E-state index in [4.69, 9.17) is 0 Å². The molecular formula is C45H112. The molecule has 1 saturated carbocycles. The molecule has 0 heteroatoms. The van der Waals surface area contributed by atoms with Crippen molar-refractivity contribution < 1.29 is 0 Å². The summed E-state index contributed by atoms with van der Waals surface area (Å²) in [4.78, 5) is 0. The van der Waals surface area contributed by atoms with Crippen LogP contribution in [0.2, 0.25) is 0 Å². The summed E-state index contributed by atoms with van der Waals surface area (Å²) in [7, 11) is 0. The van der Waals surface area contributed by atoms with Crippen molar-refractivity contribution in [3.63, 3.8) is 0 Å². The first-order valence-electron chi connectivity index (χ1n) is 20.5. The van der Waals surface area contributed by atoms with Gasteiger partial charge in [-0.25, -0.2) is 0 Å². The van der Waals surface area contributed by atoms with Gasteiger partial charge in [0.1, 0.15) is 0 Å². The average molecular weight is 653 g/mol. The van der Waals surface area contributed by atoms with Crippen molar-refractivity contribution >= 4 is 0 Å². The summed E-state index contributed by atoms with van der Waals surface area (Å²) in [6.45, 7) is 53.9. The smallest absolute Gasteiger partial charge is 0.0411 e. The van der Waals surface area contributed by atoms with Crippen molar-refractivity contribution in [1.82, 2.24) is 0 Å². The Labute approximate surface area is 299 Å². The molecule has 0 aliphatic heterocycles. The summed E-state index contributed by atoms with van der Waals surface area (Å²) >= 11 is 0. The topological polar surface area (TPSA) is 0 Å². The molecular weight excluding hydrogens is 540 g/mol. The molecule has 0 spiro atoms. The molecule has 1 fully saturated rings. The largest absolute Gasteiger partial charge is 0.0776 e. The van der Waals surface area contributed by atoms with Crippen LogP contribution in [0.5, 0.6) is 0 Å². The third kappa shape index (κ3) is 539. The minimum Gasteiger partial charge on any atom is -0.0776 e. The van der Waals surface area contributed by atoms with E-state index in [2.05, 4.69) is 145 Å². The van der Waals surface area contributed by atoms with Gasteiger partial charge in [0, 0.05) is 0 Å². The second kappa shape index (κ2) is 90.4. The molecule has 0 N–H and O–H groups in total. The van der Waals surface area contributed by atoms with Crippen LogP contribution in [-0.4, -0.2) is 0 Å². The van der Waals surface area contributed by atoms with Crippen molar-refractivity contribution in [2.75, 3.05) is 0 Å². The van der Waals surface area contributed by atoms with Crippen molar-refractivity contribution in [3.05, 3.63) is 0 Å². The minimum absolute atomic E-state index is 0. The molecule has 0 aromatic heterocycles.